The molecule has 17 heavy (non-hydrogen) atoms. The number of imidazole rings is 1. The number of fused-ring (bicyclic) bond motifs is 1. The molecule has 6 nitrogen and oxygen atoms in total. The zero-order valence-corrected chi connectivity index (χ0v) is 10.1. The minimum Gasteiger partial charge on any atom is -0.359 e. The van der Waals surface area contributed by atoms with Crippen molar-refractivity contribution in [1.29, 1.82) is 0 Å². The lowest BCUT2D eigenvalue weighted by Crippen LogP contribution is -2.46. The number of rotatable bonds is 4. The molecule has 0 radical (unpaired) electrons. The van der Waals surface area contributed by atoms with Crippen LogP contribution in [0.1, 0.15) is 12.2 Å². The second-order valence-electron chi connectivity index (χ2n) is 4.27. The van der Waals surface area contributed by atoms with Gasteiger partial charge in [-0.25, -0.2) is 4.98 Å². The van der Waals surface area contributed by atoms with Crippen LogP contribution in [0, 0.1) is 0 Å². The highest BCUT2D eigenvalue weighted by Crippen LogP contribution is 2.14. The fourth-order valence-electron chi connectivity index (χ4n) is 2.18. The number of nitrogens with zero attached hydrogens (tertiary/aromatic N) is 3. The summed E-state index contributed by atoms with van der Waals surface area (Å²) in [4.78, 5) is 17.9. The first-order valence-corrected chi connectivity index (χ1v) is 5.89. The van der Waals surface area contributed by atoms with E-state index in [1.165, 1.54) is 0 Å². The standard InChI is InChI=1S/C11H19N5O/c1-13-11(17)6-9(7-12)16-5-4-15-3-2-14-10(15)8-16/h2-3,9H,4-8,12H2,1H3,(H,13,17). The molecule has 2 heterocycles. The zero-order chi connectivity index (χ0) is 12.3. The van der Waals surface area contributed by atoms with Crippen LogP contribution < -0.4 is 11.1 Å². The van der Waals surface area contributed by atoms with E-state index in [1.54, 1.807) is 7.05 Å². The summed E-state index contributed by atoms with van der Waals surface area (Å²) in [7, 11) is 1.65. The monoisotopic (exact) mass is 237 g/mol. The Morgan fingerprint density at radius 3 is 3.18 bits per heavy atom. The third-order valence-electron chi connectivity index (χ3n) is 3.26. The molecule has 1 aliphatic rings. The molecule has 2 rings (SSSR count). The SMILES string of the molecule is CNC(=O)CC(CN)N1CCn2ccnc2C1. The second kappa shape index (κ2) is 5.29. The molecule has 1 atom stereocenters. The van der Waals surface area contributed by atoms with Crippen molar-refractivity contribution in [2.75, 3.05) is 20.1 Å². The van der Waals surface area contributed by atoms with Crippen LogP contribution in [0.5, 0.6) is 0 Å². The average Bonchev–Trinajstić information content (AvgIpc) is 2.82. The molecular weight excluding hydrogens is 218 g/mol. The predicted molar refractivity (Wildman–Crippen MR) is 64.2 cm³/mol. The number of nitrogens with one attached hydrogen (secondary N) is 1. The summed E-state index contributed by atoms with van der Waals surface area (Å²) in [5.41, 5.74) is 5.75. The van der Waals surface area contributed by atoms with Gasteiger partial charge < -0.3 is 15.6 Å². The molecule has 94 valence electrons. The number of aromatic nitrogens is 2. The summed E-state index contributed by atoms with van der Waals surface area (Å²) in [6, 6.07) is 0.0976. The normalized spacial score (nSPS) is 17.5. The number of carbonyl (C=O) groups excluding carboxylic acids is 1. The van der Waals surface area contributed by atoms with Crippen LogP contribution in [-0.2, 0) is 17.9 Å². The Bertz CT molecular complexity index is 389. The Morgan fingerprint density at radius 1 is 1.65 bits per heavy atom. The van der Waals surface area contributed by atoms with Crippen molar-refractivity contribution in [1.82, 2.24) is 19.8 Å². The lowest BCUT2D eigenvalue weighted by Gasteiger charge is -2.33. The van der Waals surface area contributed by atoms with Gasteiger partial charge in [-0.15, -0.1) is 0 Å². The average molecular weight is 237 g/mol. The van der Waals surface area contributed by atoms with E-state index in [2.05, 4.69) is 19.8 Å². The highest BCUT2D eigenvalue weighted by molar-refractivity contribution is 5.76. The van der Waals surface area contributed by atoms with Crippen LogP contribution in [0.25, 0.3) is 0 Å². The van der Waals surface area contributed by atoms with Gasteiger partial charge in [0.25, 0.3) is 0 Å². The van der Waals surface area contributed by atoms with Crippen molar-refractivity contribution < 1.29 is 4.79 Å². The lowest BCUT2D eigenvalue weighted by atomic mass is 10.1. The molecule has 1 amide bonds. The van der Waals surface area contributed by atoms with Crippen molar-refractivity contribution in [3.05, 3.63) is 18.2 Å². The lowest BCUT2D eigenvalue weighted by molar-refractivity contribution is -0.121. The minimum absolute atomic E-state index is 0.0364. The van der Waals surface area contributed by atoms with E-state index in [0.717, 1.165) is 25.5 Å². The molecule has 3 N–H and O–H groups in total. The van der Waals surface area contributed by atoms with Gasteiger partial charge in [0.15, 0.2) is 0 Å². The summed E-state index contributed by atoms with van der Waals surface area (Å²) < 4.78 is 2.14. The van der Waals surface area contributed by atoms with Gasteiger partial charge in [0.05, 0.1) is 6.54 Å². The Hall–Kier alpha value is -1.40. The number of hydrogen-bond acceptors (Lipinski definition) is 4. The maximum absolute atomic E-state index is 11.4. The summed E-state index contributed by atoms with van der Waals surface area (Å²) in [6.07, 6.45) is 4.26. The molecule has 0 fully saturated rings. The fourth-order valence-corrected chi connectivity index (χ4v) is 2.18. The quantitative estimate of drug-likeness (QED) is 0.716. The molecule has 1 unspecified atom stereocenters. The van der Waals surface area contributed by atoms with Gasteiger partial charge in [-0.3, -0.25) is 9.69 Å². The zero-order valence-electron chi connectivity index (χ0n) is 10.1. The first kappa shape index (κ1) is 12.1. The smallest absolute Gasteiger partial charge is 0.221 e. The fraction of sp³-hybridized carbons (Fsp3) is 0.636. The number of carbonyl (C=O) groups is 1. The minimum atomic E-state index is 0.0364. The van der Waals surface area contributed by atoms with E-state index in [9.17, 15) is 4.79 Å². The van der Waals surface area contributed by atoms with Crippen LogP contribution in [-0.4, -0.2) is 46.5 Å². The summed E-state index contributed by atoms with van der Waals surface area (Å²) in [5, 5.41) is 2.64. The van der Waals surface area contributed by atoms with Crippen molar-refractivity contribution >= 4 is 5.91 Å². The van der Waals surface area contributed by atoms with E-state index >= 15 is 0 Å². The Balaban J connectivity index is 2.00. The van der Waals surface area contributed by atoms with Crippen molar-refractivity contribution in [2.45, 2.75) is 25.6 Å². The molecule has 1 aromatic heterocycles. The van der Waals surface area contributed by atoms with Gasteiger partial charge in [-0.1, -0.05) is 0 Å². The van der Waals surface area contributed by atoms with Crippen molar-refractivity contribution in [3.8, 4) is 0 Å². The third kappa shape index (κ3) is 2.65. The molecule has 1 aromatic rings. The highest BCUT2D eigenvalue weighted by atomic mass is 16.1. The number of nitrogens with two attached hydrogens (primary N) is 1. The molecule has 0 saturated carbocycles. The molecule has 0 bridgehead atoms. The second-order valence-corrected chi connectivity index (χ2v) is 4.27. The molecule has 0 aromatic carbocycles. The van der Waals surface area contributed by atoms with Gasteiger partial charge in [-0.05, 0) is 0 Å². The Morgan fingerprint density at radius 2 is 2.47 bits per heavy atom. The van der Waals surface area contributed by atoms with Crippen LogP contribution in [0.2, 0.25) is 0 Å². The van der Waals surface area contributed by atoms with Gasteiger partial charge in [-0.2, -0.15) is 0 Å². The van der Waals surface area contributed by atoms with E-state index < -0.39 is 0 Å². The Kier molecular flexibility index (Phi) is 3.75. The summed E-state index contributed by atoms with van der Waals surface area (Å²) in [5.74, 6) is 1.08. The van der Waals surface area contributed by atoms with Crippen LogP contribution in [0.3, 0.4) is 0 Å². The molecule has 0 aliphatic carbocycles. The first-order valence-electron chi connectivity index (χ1n) is 5.89. The third-order valence-corrected chi connectivity index (χ3v) is 3.26. The number of amides is 1. The molecule has 0 spiro atoms. The van der Waals surface area contributed by atoms with E-state index in [-0.39, 0.29) is 11.9 Å². The maximum Gasteiger partial charge on any atom is 0.221 e. The van der Waals surface area contributed by atoms with Gasteiger partial charge in [0.2, 0.25) is 5.91 Å². The molecule has 1 aliphatic heterocycles. The van der Waals surface area contributed by atoms with Crippen LogP contribution >= 0.6 is 0 Å². The van der Waals surface area contributed by atoms with E-state index in [4.69, 9.17) is 5.73 Å². The largest absolute Gasteiger partial charge is 0.359 e. The maximum atomic E-state index is 11.4. The van der Waals surface area contributed by atoms with E-state index in [0.29, 0.717) is 13.0 Å². The van der Waals surface area contributed by atoms with Crippen molar-refractivity contribution in [3.63, 3.8) is 0 Å². The van der Waals surface area contributed by atoms with Gasteiger partial charge in [0.1, 0.15) is 5.82 Å². The van der Waals surface area contributed by atoms with Crippen LogP contribution in [0.15, 0.2) is 12.4 Å². The predicted octanol–water partition coefficient (Wildman–Crippen LogP) is -0.838. The first-order chi connectivity index (χ1) is 8.24. The molecular formula is C11H19N5O. The van der Waals surface area contributed by atoms with Crippen LogP contribution in [0.4, 0.5) is 0 Å². The molecule has 6 heteroatoms. The van der Waals surface area contributed by atoms with Gasteiger partial charge >= 0.3 is 0 Å². The van der Waals surface area contributed by atoms with Crippen molar-refractivity contribution in [2.24, 2.45) is 5.73 Å². The Labute approximate surface area is 101 Å². The summed E-state index contributed by atoms with van der Waals surface area (Å²) in [6.45, 7) is 3.10. The molecule has 0 saturated heterocycles. The van der Waals surface area contributed by atoms with Gasteiger partial charge in [0, 0.05) is 51.5 Å². The highest BCUT2D eigenvalue weighted by Gasteiger charge is 2.24. The summed E-state index contributed by atoms with van der Waals surface area (Å²) >= 11 is 0. The topological polar surface area (TPSA) is 76.2 Å². The van der Waals surface area contributed by atoms with E-state index in [1.807, 2.05) is 12.4 Å². The number of hydrogen-bond donors (Lipinski definition) is 2.